The lowest BCUT2D eigenvalue weighted by Crippen LogP contribution is -2.42. The predicted octanol–water partition coefficient (Wildman–Crippen LogP) is 1.21. The lowest BCUT2D eigenvalue weighted by molar-refractivity contribution is -0.137. The van der Waals surface area contributed by atoms with Crippen LogP contribution in [-0.4, -0.2) is 41.8 Å². The molecular formula is C12H20N2O2. The zero-order chi connectivity index (χ0) is 11.5. The van der Waals surface area contributed by atoms with Crippen LogP contribution in [0.25, 0.3) is 0 Å². The summed E-state index contributed by atoms with van der Waals surface area (Å²) in [5.41, 5.74) is 0. The van der Waals surface area contributed by atoms with Crippen LogP contribution in [0, 0.1) is 5.92 Å². The van der Waals surface area contributed by atoms with Gasteiger partial charge < -0.3 is 4.79 Å². The van der Waals surface area contributed by atoms with Crippen molar-refractivity contribution in [1.82, 2.24) is 10.0 Å². The monoisotopic (exact) mass is 224 g/mol. The average Bonchev–Trinajstić information content (AvgIpc) is 2.86. The fourth-order valence-corrected chi connectivity index (χ4v) is 3.04. The van der Waals surface area contributed by atoms with Crippen molar-refractivity contribution in [3.63, 3.8) is 0 Å². The second kappa shape index (κ2) is 4.95. The van der Waals surface area contributed by atoms with E-state index in [2.05, 4.69) is 5.01 Å². The van der Waals surface area contributed by atoms with Crippen LogP contribution in [0.2, 0.25) is 0 Å². The number of hydrazine groups is 1. The number of carbonyl (C=O) groups is 2. The Hall–Kier alpha value is -0.900. The SMILES string of the molecule is CN1C(C2CCCC2)CC(=O)N1CCC=O. The topological polar surface area (TPSA) is 40.6 Å². The Labute approximate surface area is 96.6 Å². The van der Waals surface area contributed by atoms with Gasteiger partial charge in [-0.05, 0) is 18.8 Å². The highest BCUT2D eigenvalue weighted by Crippen LogP contribution is 2.35. The Morgan fingerprint density at radius 3 is 2.69 bits per heavy atom. The Morgan fingerprint density at radius 1 is 1.38 bits per heavy atom. The van der Waals surface area contributed by atoms with E-state index in [1.807, 2.05) is 7.05 Å². The van der Waals surface area contributed by atoms with E-state index < -0.39 is 0 Å². The van der Waals surface area contributed by atoms with E-state index in [1.165, 1.54) is 25.7 Å². The van der Waals surface area contributed by atoms with Crippen molar-refractivity contribution < 1.29 is 9.59 Å². The van der Waals surface area contributed by atoms with Gasteiger partial charge in [0.15, 0.2) is 0 Å². The van der Waals surface area contributed by atoms with Crippen LogP contribution in [0.4, 0.5) is 0 Å². The summed E-state index contributed by atoms with van der Waals surface area (Å²) in [6.07, 6.45) is 7.07. The molecule has 1 aliphatic heterocycles. The van der Waals surface area contributed by atoms with Crippen LogP contribution >= 0.6 is 0 Å². The van der Waals surface area contributed by atoms with Crippen molar-refractivity contribution in [2.24, 2.45) is 5.92 Å². The highest BCUT2D eigenvalue weighted by molar-refractivity contribution is 5.78. The van der Waals surface area contributed by atoms with E-state index in [4.69, 9.17) is 0 Å². The summed E-state index contributed by atoms with van der Waals surface area (Å²) in [4.78, 5) is 22.2. The molecule has 2 aliphatic rings. The molecule has 2 rings (SSSR count). The van der Waals surface area contributed by atoms with Gasteiger partial charge in [-0.25, -0.2) is 5.01 Å². The molecule has 90 valence electrons. The third kappa shape index (κ3) is 2.12. The van der Waals surface area contributed by atoms with E-state index in [0.717, 1.165) is 6.29 Å². The van der Waals surface area contributed by atoms with Crippen molar-refractivity contribution in [1.29, 1.82) is 0 Å². The Morgan fingerprint density at radius 2 is 2.06 bits per heavy atom. The molecule has 0 aromatic rings. The molecule has 1 heterocycles. The van der Waals surface area contributed by atoms with Gasteiger partial charge in [-0.2, -0.15) is 0 Å². The van der Waals surface area contributed by atoms with E-state index in [-0.39, 0.29) is 5.91 Å². The van der Waals surface area contributed by atoms with Gasteiger partial charge in [0.2, 0.25) is 5.91 Å². The summed E-state index contributed by atoms with van der Waals surface area (Å²) in [7, 11) is 1.98. The first-order valence-corrected chi connectivity index (χ1v) is 6.20. The van der Waals surface area contributed by atoms with E-state index >= 15 is 0 Å². The highest BCUT2D eigenvalue weighted by atomic mass is 16.2. The normalized spacial score (nSPS) is 27.9. The quantitative estimate of drug-likeness (QED) is 0.674. The molecular weight excluding hydrogens is 204 g/mol. The summed E-state index contributed by atoms with van der Waals surface area (Å²) in [6.45, 7) is 0.544. The summed E-state index contributed by atoms with van der Waals surface area (Å²) < 4.78 is 0. The minimum Gasteiger partial charge on any atom is -0.303 e. The largest absolute Gasteiger partial charge is 0.303 e. The lowest BCUT2D eigenvalue weighted by Gasteiger charge is -2.30. The Kier molecular flexibility index (Phi) is 3.59. The van der Waals surface area contributed by atoms with E-state index in [1.54, 1.807) is 5.01 Å². The van der Waals surface area contributed by atoms with Gasteiger partial charge in [0, 0.05) is 32.5 Å². The van der Waals surface area contributed by atoms with Crippen molar-refractivity contribution in [2.75, 3.05) is 13.6 Å². The van der Waals surface area contributed by atoms with Gasteiger partial charge in [0.1, 0.15) is 6.29 Å². The van der Waals surface area contributed by atoms with E-state index in [0.29, 0.717) is 31.3 Å². The smallest absolute Gasteiger partial charge is 0.238 e. The molecule has 4 nitrogen and oxygen atoms in total. The maximum Gasteiger partial charge on any atom is 0.238 e. The van der Waals surface area contributed by atoms with Gasteiger partial charge in [0.05, 0.1) is 0 Å². The summed E-state index contributed by atoms with van der Waals surface area (Å²) in [5.74, 6) is 0.858. The van der Waals surface area contributed by atoms with Crippen molar-refractivity contribution in [3.05, 3.63) is 0 Å². The summed E-state index contributed by atoms with van der Waals surface area (Å²) in [6, 6.07) is 0.377. The molecule has 0 bridgehead atoms. The fraction of sp³-hybridized carbons (Fsp3) is 0.833. The Bertz CT molecular complexity index is 274. The van der Waals surface area contributed by atoms with Crippen LogP contribution in [0.5, 0.6) is 0 Å². The highest BCUT2D eigenvalue weighted by Gasteiger charge is 2.39. The maximum atomic E-state index is 11.8. The van der Waals surface area contributed by atoms with Crippen LogP contribution in [0.1, 0.15) is 38.5 Å². The number of nitrogens with zero attached hydrogens (tertiary/aromatic N) is 2. The number of aldehydes is 1. The van der Waals surface area contributed by atoms with Gasteiger partial charge in [-0.3, -0.25) is 9.80 Å². The van der Waals surface area contributed by atoms with Gasteiger partial charge in [-0.15, -0.1) is 0 Å². The molecule has 1 unspecified atom stereocenters. The lowest BCUT2D eigenvalue weighted by atomic mass is 9.96. The predicted molar refractivity (Wildman–Crippen MR) is 60.5 cm³/mol. The number of amides is 1. The van der Waals surface area contributed by atoms with Gasteiger partial charge in [-0.1, -0.05) is 12.8 Å². The third-order valence-electron chi connectivity index (χ3n) is 3.94. The van der Waals surface area contributed by atoms with Crippen molar-refractivity contribution in [2.45, 2.75) is 44.6 Å². The minimum absolute atomic E-state index is 0.182. The molecule has 2 fully saturated rings. The van der Waals surface area contributed by atoms with Crippen molar-refractivity contribution >= 4 is 12.2 Å². The molecule has 0 spiro atoms. The fourth-order valence-electron chi connectivity index (χ4n) is 3.04. The molecule has 0 radical (unpaired) electrons. The first kappa shape index (κ1) is 11.6. The molecule has 0 N–H and O–H groups in total. The second-order valence-corrected chi connectivity index (χ2v) is 4.86. The first-order valence-electron chi connectivity index (χ1n) is 6.20. The first-order chi connectivity index (χ1) is 7.74. The minimum atomic E-state index is 0.182. The molecule has 1 amide bonds. The number of rotatable bonds is 4. The van der Waals surface area contributed by atoms with Crippen LogP contribution in [0.3, 0.4) is 0 Å². The summed E-state index contributed by atoms with van der Waals surface area (Å²) in [5, 5.41) is 3.82. The molecule has 1 saturated carbocycles. The van der Waals surface area contributed by atoms with Crippen molar-refractivity contribution in [3.8, 4) is 0 Å². The van der Waals surface area contributed by atoms with Gasteiger partial charge >= 0.3 is 0 Å². The number of hydrogen-bond donors (Lipinski definition) is 0. The zero-order valence-corrected chi connectivity index (χ0v) is 9.89. The second-order valence-electron chi connectivity index (χ2n) is 4.86. The van der Waals surface area contributed by atoms with Crippen LogP contribution in [-0.2, 0) is 9.59 Å². The third-order valence-corrected chi connectivity index (χ3v) is 3.94. The summed E-state index contributed by atoms with van der Waals surface area (Å²) >= 11 is 0. The standard InChI is InChI=1S/C12H20N2O2/c1-13-11(10-5-2-3-6-10)9-12(16)14(13)7-4-8-15/h8,10-11H,2-7,9H2,1H3. The molecule has 0 aromatic heterocycles. The van der Waals surface area contributed by atoms with Crippen LogP contribution in [0.15, 0.2) is 0 Å². The maximum absolute atomic E-state index is 11.8. The van der Waals surface area contributed by atoms with Crippen LogP contribution < -0.4 is 0 Å². The molecule has 0 aromatic carbocycles. The Balaban J connectivity index is 1.97. The molecule has 1 aliphatic carbocycles. The average molecular weight is 224 g/mol. The molecule has 16 heavy (non-hydrogen) atoms. The molecule has 1 atom stereocenters. The molecule has 1 saturated heterocycles. The number of carbonyl (C=O) groups excluding carboxylic acids is 2. The van der Waals surface area contributed by atoms with E-state index in [9.17, 15) is 9.59 Å². The zero-order valence-electron chi connectivity index (χ0n) is 9.89. The molecule has 4 heteroatoms. The van der Waals surface area contributed by atoms with Gasteiger partial charge in [0.25, 0.3) is 0 Å². The number of hydrogen-bond acceptors (Lipinski definition) is 3.